The molecule has 1 heterocycles. The summed E-state index contributed by atoms with van der Waals surface area (Å²) in [4.78, 5) is 8.15. The van der Waals surface area contributed by atoms with Gasteiger partial charge in [0.1, 0.15) is 0 Å². The van der Waals surface area contributed by atoms with Gasteiger partial charge in [0.2, 0.25) is 0 Å². The maximum Gasteiger partial charge on any atom is 0.0465 e. The van der Waals surface area contributed by atoms with Gasteiger partial charge in [-0.15, -0.1) is 0 Å². The topological polar surface area (TPSA) is 22.3 Å². The van der Waals surface area contributed by atoms with Gasteiger partial charge in [-0.2, -0.15) is 0 Å². The van der Waals surface area contributed by atoms with Crippen molar-refractivity contribution >= 4 is 44.6 Å². The van der Waals surface area contributed by atoms with E-state index < -0.39 is 0 Å². The Kier molecular flexibility index (Phi) is 8.07. The van der Waals surface area contributed by atoms with Gasteiger partial charge < -0.3 is 14.8 Å². The Hall–Kier alpha value is -5.28. The van der Waals surface area contributed by atoms with Crippen molar-refractivity contribution in [2.45, 2.75) is 31.6 Å². The highest BCUT2D eigenvalue weighted by Crippen LogP contribution is 2.46. The number of rotatable bonds is 10. The van der Waals surface area contributed by atoms with Crippen LogP contribution in [0.3, 0.4) is 0 Å². The number of anilines is 4. The van der Waals surface area contributed by atoms with Crippen molar-refractivity contribution in [3.8, 4) is 0 Å². The highest BCUT2D eigenvalue weighted by Gasteiger charge is 2.36. The number of benzene rings is 6. The minimum Gasteiger partial charge on any atom is -0.355 e. The first kappa shape index (κ1) is 29.4. The number of unbranched alkanes of at least 4 members (excludes halogenated alkanes) is 1. The van der Waals surface area contributed by atoms with Crippen molar-refractivity contribution in [1.29, 1.82) is 0 Å². The molecule has 46 heavy (non-hydrogen) atoms. The SMILES string of the molecule is CCCCC(c1ccc(N(C)c2ccccc2)cc1)(c1ccc(N(C)c2ccccc2)cc1)c1ccc2[nH]c3ccccc3c2c1. The largest absolute Gasteiger partial charge is 0.355 e. The number of aromatic amines is 1. The third-order valence-corrected chi connectivity index (χ3v) is 9.69. The molecule has 0 amide bonds. The molecule has 0 radical (unpaired) electrons. The monoisotopic (exact) mass is 599 g/mol. The Balaban J connectivity index is 1.39. The second kappa shape index (κ2) is 12.6. The molecule has 3 heteroatoms. The molecule has 228 valence electrons. The van der Waals surface area contributed by atoms with Crippen molar-refractivity contribution in [2.75, 3.05) is 23.9 Å². The van der Waals surface area contributed by atoms with Gasteiger partial charge in [-0.3, -0.25) is 0 Å². The quantitative estimate of drug-likeness (QED) is 0.158. The fourth-order valence-corrected chi connectivity index (χ4v) is 7.03. The Morgan fingerprint density at radius 2 is 0.935 bits per heavy atom. The average molecular weight is 600 g/mol. The lowest BCUT2D eigenvalue weighted by Crippen LogP contribution is -2.29. The van der Waals surface area contributed by atoms with E-state index in [4.69, 9.17) is 0 Å². The van der Waals surface area contributed by atoms with Crippen LogP contribution in [0.25, 0.3) is 21.8 Å². The summed E-state index contributed by atoms with van der Waals surface area (Å²) in [5.41, 5.74) is 10.7. The molecule has 6 aromatic carbocycles. The second-order valence-electron chi connectivity index (χ2n) is 12.3. The second-order valence-corrected chi connectivity index (χ2v) is 12.3. The van der Waals surface area contributed by atoms with Gasteiger partial charge in [0.25, 0.3) is 0 Å². The van der Waals surface area contributed by atoms with Gasteiger partial charge in [-0.05, 0) is 89.8 Å². The van der Waals surface area contributed by atoms with E-state index in [-0.39, 0.29) is 5.41 Å². The van der Waals surface area contributed by atoms with Crippen LogP contribution in [0.5, 0.6) is 0 Å². The summed E-state index contributed by atoms with van der Waals surface area (Å²) in [5.74, 6) is 0. The van der Waals surface area contributed by atoms with E-state index in [1.807, 2.05) is 0 Å². The molecule has 0 saturated carbocycles. The Bertz CT molecular complexity index is 1950. The highest BCUT2D eigenvalue weighted by molar-refractivity contribution is 6.07. The first-order valence-electron chi connectivity index (χ1n) is 16.4. The molecule has 1 aromatic heterocycles. The van der Waals surface area contributed by atoms with E-state index in [9.17, 15) is 0 Å². The number of hydrogen-bond acceptors (Lipinski definition) is 2. The summed E-state index contributed by atoms with van der Waals surface area (Å²) in [7, 11) is 4.28. The van der Waals surface area contributed by atoms with Crippen LogP contribution in [0.15, 0.2) is 152 Å². The Morgan fingerprint density at radius 1 is 0.478 bits per heavy atom. The third kappa shape index (κ3) is 5.32. The number of aromatic nitrogens is 1. The van der Waals surface area contributed by atoms with E-state index in [2.05, 4.69) is 187 Å². The zero-order valence-corrected chi connectivity index (χ0v) is 26.9. The molecule has 3 nitrogen and oxygen atoms in total. The first-order valence-corrected chi connectivity index (χ1v) is 16.4. The van der Waals surface area contributed by atoms with Crippen molar-refractivity contribution in [3.05, 3.63) is 168 Å². The van der Waals surface area contributed by atoms with Crippen molar-refractivity contribution in [3.63, 3.8) is 0 Å². The molecule has 0 fully saturated rings. The minimum atomic E-state index is -0.323. The number of nitrogens with zero attached hydrogens (tertiary/aromatic N) is 2. The van der Waals surface area contributed by atoms with Gasteiger partial charge in [0, 0.05) is 64.1 Å². The zero-order chi connectivity index (χ0) is 31.5. The fourth-order valence-electron chi connectivity index (χ4n) is 7.03. The molecule has 0 aliphatic rings. The van der Waals surface area contributed by atoms with E-state index in [0.717, 1.165) is 19.3 Å². The molecule has 0 spiro atoms. The summed E-state index contributed by atoms with van der Waals surface area (Å²) in [6.07, 6.45) is 3.25. The molecule has 0 saturated heterocycles. The number of para-hydroxylation sites is 3. The van der Waals surface area contributed by atoms with E-state index in [0.29, 0.717) is 0 Å². The van der Waals surface area contributed by atoms with E-state index in [1.165, 1.54) is 61.2 Å². The molecule has 7 aromatic rings. The molecule has 0 bridgehead atoms. The number of H-pyrrole nitrogens is 1. The summed E-state index contributed by atoms with van der Waals surface area (Å²) in [6, 6.07) is 55.4. The van der Waals surface area contributed by atoms with Crippen molar-refractivity contribution in [2.24, 2.45) is 0 Å². The maximum atomic E-state index is 3.64. The Labute approximate surface area is 272 Å². The average Bonchev–Trinajstić information content (AvgIpc) is 3.51. The zero-order valence-electron chi connectivity index (χ0n) is 26.9. The first-order chi connectivity index (χ1) is 22.6. The lowest BCUT2D eigenvalue weighted by atomic mass is 9.66. The predicted molar refractivity (Wildman–Crippen MR) is 197 cm³/mol. The summed E-state index contributed by atoms with van der Waals surface area (Å²) < 4.78 is 0. The van der Waals surface area contributed by atoms with Gasteiger partial charge in [-0.25, -0.2) is 0 Å². The molecule has 0 atom stereocenters. The summed E-state index contributed by atoms with van der Waals surface area (Å²) in [5, 5.41) is 2.54. The van der Waals surface area contributed by atoms with Crippen LogP contribution >= 0.6 is 0 Å². The van der Waals surface area contributed by atoms with Crippen molar-refractivity contribution in [1.82, 2.24) is 4.98 Å². The standard InChI is InChI=1S/C43H41N3/c1-4-5-30-43(32-20-25-37(26-21-32)45(2)35-14-8-6-9-15-35,33-22-27-38(28-23-33)46(3)36-16-10-7-11-17-36)34-24-29-42-40(31-34)39-18-12-13-19-41(39)44-42/h6-29,31,44H,4-5,30H2,1-3H3. The van der Waals surface area contributed by atoms with Crippen molar-refractivity contribution < 1.29 is 0 Å². The van der Waals surface area contributed by atoms with Crippen LogP contribution in [0.2, 0.25) is 0 Å². The van der Waals surface area contributed by atoms with Gasteiger partial charge in [-0.1, -0.05) is 105 Å². The number of nitrogens with one attached hydrogen (secondary N) is 1. The van der Waals surface area contributed by atoms with E-state index in [1.54, 1.807) is 0 Å². The Morgan fingerprint density at radius 3 is 1.48 bits per heavy atom. The predicted octanol–water partition coefficient (Wildman–Crippen LogP) is 11.4. The van der Waals surface area contributed by atoms with E-state index >= 15 is 0 Å². The normalized spacial score (nSPS) is 11.6. The van der Waals surface area contributed by atoms with Gasteiger partial charge in [0.15, 0.2) is 0 Å². The number of fused-ring (bicyclic) bond motifs is 3. The van der Waals surface area contributed by atoms with Gasteiger partial charge >= 0.3 is 0 Å². The molecule has 7 rings (SSSR count). The summed E-state index contributed by atoms with van der Waals surface area (Å²) in [6.45, 7) is 2.30. The van der Waals surface area contributed by atoms with Crippen LogP contribution < -0.4 is 9.80 Å². The number of hydrogen-bond donors (Lipinski definition) is 1. The van der Waals surface area contributed by atoms with Crippen LogP contribution in [0.4, 0.5) is 22.7 Å². The molecular weight excluding hydrogens is 558 g/mol. The molecule has 0 aliphatic heterocycles. The van der Waals surface area contributed by atoms with Crippen LogP contribution in [-0.4, -0.2) is 19.1 Å². The minimum absolute atomic E-state index is 0.323. The highest BCUT2D eigenvalue weighted by atomic mass is 15.1. The van der Waals surface area contributed by atoms with Crippen LogP contribution in [0, 0.1) is 0 Å². The molecule has 0 aliphatic carbocycles. The summed E-state index contributed by atoms with van der Waals surface area (Å²) >= 11 is 0. The van der Waals surface area contributed by atoms with Gasteiger partial charge in [0.05, 0.1) is 0 Å². The third-order valence-electron chi connectivity index (χ3n) is 9.69. The maximum absolute atomic E-state index is 3.64. The lowest BCUT2D eigenvalue weighted by Gasteiger charge is -2.37. The fraction of sp³-hybridized carbons (Fsp3) is 0.163. The van der Waals surface area contributed by atoms with Crippen LogP contribution in [-0.2, 0) is 5.41 Å². The molecule has 0 unspecified atom stereocenters. The molecular formula is C43H41N3. The lowest BCUT2D eigenvalue weighted by molar-refractivity contribution is 0.528. The smallest absolute Gasteiger partial charge is 0.0465 e. The van der Waals surface area contributed by atoms with Crippen LogP contribution in [0.1, 0.15) is 42.9 Å². The molecule has 1 N–H and O–H groups in total.